The molecule has 128 valence electrons. The Bertz CT molecular complexity index is 977. The maximum atomic E-state index is 12.4. The van der Waals surface area contributed by atoms with Crippen LogP contribution in [0.3, 0.4) is 0 Å². The number of pyridine rings is 1. The van der Waals surface area contributed by atoms with Crippen LogP contribution in [0.4, 0.5) is 0 Å². The van der Waals surface area contributed by atoms with Crippen LogP contribution < -0.4 is 8.92 Å². The summed E-state index contributed by atoms with van der Waals surface area (Å²) < 4.78 is 36.7. The fourth-order valence-corrected chi connectivity index (χ4v) is 4.57. The second-order valence-corrected chi connectivity index (χ2v) is 8.14. The summed E-state index contributed by atoms with van der Waals surface area (Å²) in [6.45, 7) is 0. The zero-order chi connectivity index (χ0) is 17.9. The summed E-state index contributed by atoms with van der Waals surface area (Å²) in [5, 5.41) is 0. The van der Waals surface area contributed by atoms with E-state index in [0.717, 1.165) is 4.47 Å². The smallest absolute Gasteiger partial charge is 0.340 e. The first-order valence-electron chi connectivity index (χ1n) is 7.02. The maximum absolute atomic E-state index is 12.4. The average Bonchev–Trinajstić information content (AvgIpc) is 2.57. The van der Waals surface area contributed by atoms with Gasteiger partial charge in [-0.25, -0.2) is 4.98 Å². The molecule has 0 amide bonds. The summed E-state index contributed by atoms with van der Waals surface area (Å²) in [4.78, 5) is 4.10. The molecule has 0 bridgehead atoms. The molecule has 0 saturated carbocycles. The molecular weight excluding hydrogens is 474 g/mol. The van der Waals surface area contributed by atoms with E-state index in [4.69, 9.17) is 8.92 Å². The Morgan fingerprint density at radius 1 is 0.880 bits per heavy atom. The molecule has 0 saturated heterocycles. The van der Waals surface area contributed by atoms with Gasteiger partial charge in [0.15, 0.2) is 0 Å². The van der Waals surface area contributed by atoms with Crippen LogP contribution in [0.25, 0.3) is 0 Å². The maximum Gasteiger partial charge on any atom is 0.340 e. The lowest BCUT2D eigenvalue weighted by molar-refractivity contribution is 0.459. The van der Waals surface area contributed by atoms with Gasteiger partial charge in [-0.2, -0.15) is 8.42 Å². The van der Waals surface area contributed by atoms with E-state index in [-0.39, 0.29) is 10.6 Å². The Hall–Kier alpha value is -1.90. The average molecular weight is 485 g/mol. The van der Waals surface area contributed by atoms with Crippen molar-refractivity contribution in [2.75, 3.05) is 0 Å². The van der Waals surface area contributed by atoms with Crippen molar-refractivity contribution in [3.05, 3.63) is 75.8 Å². The van der Waals surface area contributed by atoms with Gasteiger partial charge in [0.05, 0.1) is 0 Å². The highest BCUT2D eigenvalue weighted by Crippen LogP contribution is 2.29. The number of hydrogen-bond donors (Lipinski definition) is 0. The van der Waals surface area contributed by atoms with E-state index < -0.39 is 10.1 Å². The van der Waals surface area contributed by atoms with E-state index in [1.54, 1.807) is 42.6 Å². The van der Waals surface area contributed by atoms with Crippen LogP contribution in [0.5, 0.6) is 17.4 Å². The SMILES string of the molecule is O=S(=O)(Oc1ccc(Oc2ccccn2)cc1)c1ccc(Br)cc1Br. The Balaban J connectivity index is 1.76. The van der Waals surface area contributed by atoms with Crippen LogP contribution >= 0.6 is 31.9 Å². The Labute approximate surface area is 162 Å². The van der Waals surface area contributed by atoms with E-state index in [0.29, 0.717) is 16.1 Å². The van der Waals surface area contributed by atoms with E-state index in [1.165, 1.54) is 18.2 Å². The van der Waals surface area contributed by atoms with Crippen LogP contribution in [0, 0.1) is 0 Å². The highest BCUT2D eigenvalue weighted by atomic mass is 79.9. The number of halogens is 2. The predicted octanol–water partition coefficient (Wildman–Crippen LogP) is 5.17. The summed E-state index contributed by atoms with van der Waals surface area (Å²) in [6.07, 6.45) is 1.62. The molecule has 1 aromatic heterocycles. The minimum atomic E-state index is -3.95. The largest absolute Gasteiger partial charge is 0.439 e. The highest BCUT2D eigenvalue weighted by Gasteiger charge is 2.20. The summed E-state index contributed by atoms with van der Waals surface area (Å²) >= 11 is 6.51. The quantitative estimate of drug-likeness (QED) is 0.467. The second kappa shape index (κ2) is 7.55. The number of aromatic nitrogens is 1. The van der Waals surface area contributed by atoms with E-state index in [2.05, 4.69) is 36.8 Å². The molecule has 3 rings (SSSR count). The van der Waals surface area contributed by atoms with Gasteiger partial charge in [0.1, 0.15) is 16.4 Å². The number of ether oxygens (including phenoxy) is 1. The molecule has 0 spiro atoms. The lowest BCUT2D eigenvalue weighted by atomic mass is 10.3. The Morgan fingerprint density at radius 2 is 1.60 bits per heavy atom. The van der Waals surface area contributed by atoms with Gasteiger partial charge in [0.25, 0.3) is 0 Å². The van der Waals surface area contributed by atoms with Crippen molar-refractivity contribution in [2.24, 2.45) is 0 Å². The zero-order valence-electron chi connectivity index (χ0n) is 12.6. The van der Waals surface area contributed by atoms with E-state index in [1.807, 2.05) is 6.07 Å². The molecule has 0 aliphatic carbocycles. The minimum absolute atomic E-state index is 0.0458. The van der Waals surface area contributed by atoms with Crippen LogP contribution in [-0.4, -0.2) is 13.4 Å². The molecule has 0 N–H and O–H groups in total. The summed E-state index contributed by atoms with van der Waals surface area (Å²) in [5.74, 6) is 1.15. The molecule has 0 unspecified atom stereocenters. The Kier molecular flexibility index (Phi) is 5.41. The standard InChI is InChI=1S/C17H11Br2NO4S/c18-12-4-9-16(15(19)11-12)25(21,22)24-14-7-5-13(6-8-14)23-17-3-1-2-10-20-17/h1-11H. The third kappa shape index (κ3) is 4.59. The molecule has 0 fully saturated rings. The molecule has 3 aromatic rings. The number of benzene rings is 2. The molecular formula is C17H11Br2NO4S. The van der Waals surface area contributed by atoms with Gasteiger partial charge in [0.2, 0.25) is 5.88 Å². The van der Waals surface area contributed by atoms with Gasteiger partial charge < -0.3 is 8.92 Å². The number of rotatable bonds is 5. The molecule has 0 aliphatic heterocycles. The third-order valence-corrected chi connectivity index (χ3v) is 5.77. The van der Waals surface area contributed by atoms with Gasteiger partial charge in [-0.15, -0.1) is 0 Å². The molecule has 1 heterocycles. The fraction of sp³-hybridized carbons (Fsp3) is 0. The molecule has 0 radical (unpaired) electrons. The molecule has 8 heteroatoms. The molecule has 5 nitrogen and oxygen atoms in total. The normalized spacial score (nSPS) is 11.1. The third-order valence-electron chi connectivity index (χ3n) is 3.05. The number of nitrogens with zero attached hydrogens (tertiary/aromatic N) is 1. The molecule has 0 aliphatic rings. The van der Waals surface area contributed by atoms with Crippen LogP contribution in [0.2, 0.25) is 0 Å². The van der Waals surface area contributed by atoms with Gasteiger partial charge >= 0.3 is 10.1 Å². The van der Waals surface area contributed by atoms with Crippen molar-refractivity contribution < 1.29 is 17.3 Å². The molecule has 2 aromatic carbocycles. The van der Waals surface area contributed by atoms with Gasteiger partial charge in [-0.3, -0.25) is 0 Å². The first-order chi connectivity index (χ1) is 11.9. The van der Waals surface area contributed by atoms with Gasteiger partial charge in [-0.05, 0) is 64.5 Å². The van der Waals surface area contributed by atoms with Crippen LogP contribution in [0.15, 0.2) is 80.7 Å². The number of hydrogen-bond acceptors (Lipinski definition) is 5. The topological polar surface area (TPSA) is 65.5 Å². The molecule has 25 heavy (non-hydrogen) atoms. The lowest BCUT2D eigenvalue weighted by Gasteiger charge is -2.10. The minimum Gasteiger partial charge on any atom is -0.439 e. The second-order valence-electron chi connectivity index (χ2n) is 4.85. The van der Waals surface area contributed by atoms with Crippen molar-refractivity contribution in [1.82, 2.24) is 4.98 Å². The Morgan fingerprint density at radius 3 is 2.24 bits per heavy atom. The first-order valence-corrected chi connectivity index (χ1v) is 10.0. The molecule has 0 atom stereocenters. The predicted molar refractivity (Wildman–Crippen MR) is 100 cm³/mol. The van der Waals surface area contributed by atoms with Crippen LogP contribution in [0.1, 0.15) is 0 Å². The van der Waals surface area contributed by atoms with Crippen molar-refractivity contribution in [3.63, 3.8) is 0 Å². The van der Waals surface area contributed by atoms with Crippen molar-refractivity contribution >= 4 is 42.0 Å². The monoisotopic (exact) mass is 483 g/mol. The highest BCUT2D eigenvalue weighted by molar-refractivity contribution is 9.11. The van der Waals surface area contributed by atoms with Crippen molar-refractivity contribution in [1.29, 1.82) is 0 Å². The van der Waals surface area contributed by atoms with Crippen molar-refractivity contribution in [3.8, 4) is 17.4 Å². The summed E-state index contributed by atoms with van der Waals surface area (Å²) in [7, 11) is -3.95. The fourth-order valence-electron chi connectivity index (χ4n) is 1.94. The van der Waals surface area contributed by atoms with Crippen molar-refractivity contribution in [2.45, 2.75) is 4.90 Å². The first kappa shape index (κ1) is 17.9. The lowest BCUT2D eigenvalue weighted by Crippen LogP contribution is -2.10. The van der Waals surface area contributed by atoms with E-state index >= 15 is 0 Å². The zero-order valence-corrected chi connectivity index (χ0v) is 16.6. The summed E-state index contributed by atoms with van der Waals surface area (Å²) in [5.41, 5.74) is 0. The van der Waals surface area contributed by atoms with Gasteiger partial charge in [-0.1, -0.05) is 22.0 Å². The van der Waals surface area contributed by atoms with Gasteiger partial charge in [0, 0.05) is 21.2 Å². The van der Waals surface area contributed by atoms with E-state index in [9.17, 15) is 8.42 Å². The van der Waals surface area contributed by atoms with Crippen LogP contribution in [-0.2, 0) is 10.1 Å². The summed E-state index contributed by atoms with van der Waals surface area (Å²) in [6, 6.07) is 16.3.